The van der Waals surface area contributed by atoms with Gasteiger partial charge in [-0.3, -0.25) is 9.59 Å². The van der Waals surface area contributed by atoms with Crippen molar-refractivity contribution in [1.82, 2.24) is 4.90 Å². The molecule has 0 unspecified atom stereocenters. The highest BCUT2D eigenvalue weighted by atomic mass is 79.9. The van der Waals surface area contributed by atoms with Gasteiger partial charge in [-0.25, -0.2) is 4.79 Å². The molecule has 1 saturated heterocycles. The second-order valence-corrected chi connectivity index (χ2v) is 8.44. The highest BCUT2D eigenvalue weighted by Crippen LogP contribution is 2.30. The molecule has 9 heteroatoms. The summed E-state index contributed by atoms with van der Waals surface area (Å²) in [5.41, 5.74) is 2.21. The summed E-state index contributed by atoms with van der Waals surface area (Å²) < 4.78 is 10.9. The lowest BCUT2D eigenvalue weighted by atomic mass is 10.1. The lowest BCUT2D eigenvalue weighted by Crippen LogP contribution is -2.49. The molecular weight excluding hydrogens is 502 g/mol. The Hall–Kier alpha value is -3.59. The molecule has 2 amide bonds. The van der Waals surface area contributed by atoms with E-state index in [0.717, 1.165) is 5.69 Å². The normalized spacial score (nSPS) is 13.5. The Morgan fingerprint density at radius 1 is 0.971 bits per heavy atom. The molecular formula is C25H24BrN3O5. The van der Waals surface area contributed by atoms with Crippen LogP contribution in [0.5, 0.6) is 0 Å². The molecule has 1 N–H and O–H groups in total. The molecule has 3 aromatic rings. The van der Waals surface area contributed by atoms with Crippen LogP contribution in [0.3, 0.4) is 0 Å². The number of rotatable bonds is 6. The molecule has 2 aromatic carbocycles. The molecule has 176 valence electrons. The lowest BCUT2D eigenvalue weighted by molar-refractivity contribution is 0.0526. The molecule has 8 nitrogen and oxygen atoms in total. The van der Waals surface area contributed by atoms with Gasteiger partial charge in [-0.15, -0.1) is 0 Å². The largest absolute Gasteiger partial charge is 0.462 e. The first-order valence-electron chi connectivity index (χ1n) is 10.9. The molecule has 0 spiro atoms. The molecule has 1 aliphatic heterocycles. The molecule has 0 bridgehead atoms. The summed E-state index contributed by atoms with van der Waals surface area (Å²) in [4.78, 5) is 41.7. The number of piperazine rings is 1. The minimum absolute atomic E-state index is 0.00479. The topological polar surface area (TPSA) is 92.1 Å². The highest BCUT2D eigenvalue weighted by molar-refractivity contribution is 9.10. The number of esters is 1. The third-order valence-corrected chi connectivity index (χ3v) is 5.91. The maximum Gasteiger partial charge on any atom is 0.338 e. The zero-order valence-electron chi connectivity index (χ0n) is 18.6. The standard InChI is InChI=1S/C25H24BrN3O5/c1-2-33-25(32)18-8-9-20(19(16-18)27-23(30)21-10-11-22(26)34-21)28-12-14-29(15-13-28)24(31)17-6-4-3-5-7-17/h3-11,16H,2,12-15H2,1H3,(H,27,30). The van der Waals surface area contributed by atoms with Crippen LogP contribution in [0, 0.1) is 0 Å². The molecule has 1 fully saturated rings. The Bertz CT molecular complexity index is 1190. The molecule has 34 heavy (non-hydrogen) atoms. The first-order chi connectivity index (χ1) is 16.5. The number of ether oxygens (including phenoxy) is 1. The van der Waals surface area contributed by atoms with Crippen LogP contribution in [-0.2, 0) is 4.74 Å². The minimum atomic E-state index is -0.469. The molecule has 0 aliphatic carbocycles. The highest BCUT2D eigenvalue weighted by Gasteiger charge is 2.25. The number of halogens is 1. The van der Waals surface area contributed by atoms with Crippen molar-refractivity contribution >= 4 is 45.1 Å². The number of anilines is 2. The molecule has 0 radical (unpaired) electrons. The van der Waals surface area contributed by atoms with E-state index in [-0.39, 0.29) is 18.3 Å². The van der Waals surface area contributed by atoms with Crippen LogP contribution in [0.25, 0.3) is 0 Å². The van der Waals surface area contributed by atoms with Crippen molar-refractivity contribution in [3.63, 3.8) is 0 Å². The van der Waals surface area contributed by atoms with Crippen LogP contribution in [0.15, 0.2) is 69.8 Å². The van der Waals surface area contributed by atoms with Crippen LogP contribution < -0.4 is 10.2 Å². The number of carbonyl (C=O) groups excluding carboxylic acids is 3. The number of amides is 2. The van der Waals surface area contributed by atoms with E-state index >= 15 is 0 Å². The van der Waals surface area contributed by atoms with Gasteiger partial charge in [-0.05, 0) is 65.3 Å². The average Bonchev–Trinajstić information content (AvgIpc) is 3.31. The molecule has 1 aliphatic rings. The van der Waals surface area contributed by atoms with Crippen LogP contribution >= 0.6 is 15.9 Å². The second kappa shape index (κ2) is 10.6. The van der Waals surface area contributed by atoms with E-state index in [1.165, 1.54) is 0 Å². The van der Waals surface area contributed by atoms with Gasteiger partial charge in [-0.2, -0.15) is 0 Å². The van der Waals surface area contributed by atoms with E-state index in [2.05, 4.69) is 26.1 Å². The van der Waals surface area contributed by atoms with Gasteiger partial charge in [0.1, 0.15) is 0 Å². The van der Waals surface area contributed by atoms with E-state index in [0.29, 0.717) is 47.7 Å². The summed E-state index contributed by atoms with van der Waals surface area (Å²) in [5, 5.41) is 2.85. The fraction of sp³-hybridized carbons (Fsp3) is 0.240. The Morgan fingerprint density at radius 2 is 1.71 bits per heavy atom. The van der Waals surface area contributed by atoms with E-state index in [9.17, 15) is 14.4 Å². The van der Waals surface area contributed by atoms with Crippen LogP contribution in [0.2, 0.25) is 0 Å². The summed E-state index contributed by atoms with van der Waals surface area (Å²) in [6.07, 6.45) is 0. The minimum Gasteiger partial charge on any atom is -0.462 e. The number of nitrogens with one attached hydrogen (secondary N) is 1. The number of benzene rings is 2. The number of hydrogen-bond donors (Lipinski definition) is 1. The summed E-state index contributed by atoms with van der Waals surface area (Å²) in [6, 6.07) is 17.4. The van der Waals surface area contributed by atoms with Crippen LogP contribution in [0.4, 0.5) is 11.4 Å². The second-order valence-electron chi connectivity index (χ2n) is 7.66. The number of nitrogens with zero attached hydrogens (tertiary/aromatic N) is 2. The zero-order valence-corrected chi connectivity index (χ0v) is 20.2. The fourth-order valence-corrected chi connectivity index (χ4v) is 4.09. The van der Waals surface area contributed by atoms with Gasteiger partial charge in [0.2, 0.25) is 0 Å². The Labute approximate surface area is 205 Å². The number of carbonyl (C=O) groups is 3. The molecule has 1 aromatic heterocycles. The number of furan rings is 1. The Morgan fingerprint density at radius 3 is 2.35 bits per heavy atom. The van der Waals surface area contributed by atoms with Crippen LogP contribution in [-0.4, -0.2) is 55.5 Å². The molecule has 0 saturated carbocycles. The predicted molar refractivity (Wildman–Crippen MR) is 131 cm³/mol. The van der Waals surface area contributed by atoms with Gasteiger partial charge in [0.15, 0.2) is 10.4 Å². The van der Waals surface area contributed by atoms with Crippen molar-refractivity contribution in [3.8, 4) is 0 Å². The molecule has 0 atom stereocenters. The maximum atomic E-state index is 12.8. The third-order valence-electron chi connectivity index (χ3n) is 5.48. The van der Waals surface area contributed by atoms with Crippen molar-refractivity contribution in [2.75, 3.05) is 43.0 Å². The van der Waals surface area contributed by atoms with Crippen molar-refractivity contribution in [2.24, 2.45) is 0 Å². The summed E-state index contributed by atoms with van der Waals surface area (Å²) >= 11 is 3.20. The first-order valence-corrected chi connectivity index (χ1v) is 11.7. The smallest absolute Gasteiger partial charge is 0.338 e. The van der Waals surface area contributed by atoms with Crippen LogP contribution in [0.1, 0.15) is 38.2 Å². The summed E-state index contributed by atoms with van der Waals surface area (Å²) in [5.74, 6) is -0.776. The van der Waals surface area contributed by atoms with Gasteiger partial charge in [0, 0.05) is 31.7 Å². The van der Waals surface area contributed by atoms with Gasteiger partial charge < -0.3 is 24.3 Å². The first kappa shape index (κ1) is 23.6. The lowest BCUT2D eigenvalue weighted by Gasteiger charge is -2.37. The summed E-state index contributed by atoms with van der Waals surface area (Å²) in [6.45, 7) is 4.21. The average molecular weight is 526 g/mol. The Balaban J connectivity index is 1.54. The third kappa shape index (κ3) is 5.31. The van der Waals surface area contributed by atoms with Crippen molar-refractivity contribution < 1.29 is 23.5 Å². The van der Waals surface area contributed by atoms with Crippen molar-refractivity contribution in [1.29, 1.82) is 0 Å². The summed E-state index contributed by atoms with van der Waals surface area (Å²) in [7, 11) is 0. The zero-order chi connectivity index (χ0) is 24.1. The van der Waals surface area contributed by atoms with Crippen molar-refractivity contribution in [3.05, 3.63) is 82.2 Å². The van der Waals surface area contributed by atoms with Gasteiger partial charge >= 0.3 is 5.97 Å². The van der Waals surface area contributed by atoms with Gasteiger partial charge in [0.25, 0.3) is 11.8 Å². The fourth-order valence-electron chi connectivity index (χ4n) is 3.79. The maximum absolute atomic E-state index is 12.8. The molecule has 4 rings (SSSR count). The van der Waals surface area contributed by atoms with E-state index in [1.807, 2.05) is 35.2 Å². The van der Waals surface area contributed by atoms with Crippen molar-refractivity contribution in [2.45, 2.75) is 6.92 Å². The Kier molecular flexibility index (Phi) is 7.32. The monoisotopic (exact) mass is 525 g/mol. The van der Waals surface area contributed by atoms with E-state index in [1.54, 1.807) is 37.3 Å². The molecule has 2 heterocycles. The predicted octanol–water partition coefficient (Wildman–Crippen LogP) is 4.43. The SMILES string of the molecule is CCOC(=O)c1ccc(N2CCN(C(=O)c3ccccc3)CC2)c(NC(=O)c2ccc(Br)o2)c1. The van der Waals surface area contributed by atoms with E-state index in [4.69, 9.17) is 9.15 Å². The van der Waals surface area contributed by atoms with Gasteiger partial charge in [0.05, 0.1) is 23.5 Å². The van der Waals surface area contributed by atoms with Gasteiger partial charge in [-0.1, -0.05) is 18.2 Å². The quantitative estimate of drug-likeness (QED) is 0.478. The number of hydrogen-bond acceptors (Lipinski definition) is 6. The van der Waals surface area contributed by atoms with E-state index < -0.39 is 11.9 Å².